The van der Waals surface area contributed by atoms with Gasteiger partial charge in [-0.1, -0.05) is 30.3 Å². The first kappa shape index (κ1) is 9.91. The SMILES string of the molecule is c1ccc2c(c1)nc1nc3[nH]c4ccccc4c3nn12. The highest BCUT2D eigenvalue weighted by molar-refractivity contribution is 6.03. The zero-order chi connectivity index (χ0) is 13.1. The summed E-state index contributed by atoms with van der Waals surface area (Å²) in [5.41, 5.74) is 4.57. The van der Waals surface area contributed by atoms with Crippen LogP contribution in [0.2, 0.25) is 0 Å². The Hall–Kier alpha value is -2.95. The van der Waals surface area contributed by atoms with Crippen molar-refractivity contribution >= 4 is 38.9 Å². The van der Waals surface area contributed by atoms with Gasteiger partial charge in [-0.15, -0.1) is 0 Å². The molecule has 0 bridgehead atoms. The summed E-state index contributed by atoms with van der Waals surface area (Å²) < 4.78 is 1.80. The maximum Gasteiger partial charge on any atom is 0.253 e. The number of fused-ring (bicyclic) bond motifs is 6. The Morgan fingerprint density at radius 3 is 2.75 bits per heavy atom. The maximum atomic E-state index is 4.71. The lowest BCUT2D eigenvalue weighted by atomic mass is 10.2. The van der Waals surface area contributed by atoms with E-state index in [4.69, 9.17) is 5.10 Å². The summed E-state index contributed by atoms with van der Waals surface area (Å²) in [6, 6.07) is 16.0. The van der Waals surface area contributed by atoms with Crippen molar-refractivity contribution in [2.24, 2.45) is 0 Å². The fourth-order valence-electron chi connectivity index (χ4n) is 2.67. The van der Waals surface area contributed by atoms with E-state index < -0.39 is 0 Å². The summed E-state index contributed by atoms with van der Waals surface area (Å²) in [6.45, 7) is 0. The van der Waals surface area contributed by atoms with Crippen LogP contribution in [0.3, 0.4) is 0 Å². The van der Waals surface area contributed by atoms with Crippen LogP contribution in [0.15, 0.2) is 48.5 Å². The number of benzene rings is 2. The van der Waals surface area contributed by atoms with Crippen molar-refractivity contribution < 1.29 is 0 Å². The van der Waals surface area contributed by atoms with E-state index in [1.807, 2.05) is 48.5 Å². The van der Waals surface area contributed by atoms with Crippen molar-refractivity contribution in [3.05, 3.63) is 48.5 Å². The van der Waals surface area contributed by atoms with Crippen molar-refractivity contribution in [3.8, 4) is 0 Å². The summed E-state index contributed by atoms with van der Waals surface area (Å²) in [7, 11) is 0. The summed E-state index contributed by atoms with van der Waals surface area (Å²) >= 11 is 0. The van der Waals surface area contributed by atoms with E-state index in [2.05, 4.69) is 15.0 Å². The summed E-state index contributed by atoms with van der Waals surface area (Å²) in [5.74, 6) is 0.616. The molecule has 5 heteroatoms. The molecule has 0 fully saturated rings. The zero-order valence-electron chi connectivity index (χ0n) is 10.4. The van der Waals surface area contributed by atoms with Gasteiger partial charge in [0.15, 0.2) is 5.65 Å². The fourth-order valence-corrected chi connectivity index (χ4v) is 2.67. The van der Waals surface area contributed by atoms with Gasteiger partial charge in [-0.2, -0.15) is 14.6 Å². The first-order valence-electron chi connectivity index (χ1n) is 6.42. The average Bonchev–Trinajstić information content (AvgIpc) is 3.02. The molecule has 0 aliphatic rings. The van der Waals surface area contributed by atoms with Crippen LogP contribution in [0.25, 0.3) is 38.9 Å². The van der Waals surface area contributed by atoms with Crippen molar-refractivity contribution in [1.29, 1.82) is 0 Å². The topological polar surface area (TPSA) is 58.9 Å². The molecular formula is C15H9N5. The molecule has 0 unspecified atom stereocenters. The fraction of sp³-hybridized carbons (Fsp3) is 0. The molecule has 0 saturated heterocycles. The number of para-hydroxylation sites is 3. The van der Waals surface area contributed by atoms with Gasteiger partial charge < -0.3 is 4.98 Å². The van der Waals surface area contributed by atoms with Crippen molar-refractivity contribution in [3.63, 3.8) is 0 Å². The maximum absolute atomic E-state index is 4.71. The van der Waals surface area contributed by atoms with E-state index in [9.17, 15) is 0 Å². The van der Waals surface area contributed by atoms with Gasteiger partial charge in [0.1, 0.15) is 5.52 Å². The first-order valence-corrected chi connectivity index (χ1v) is 6.42. The van der Waals surface area contributed by atoms with Gasteiger partial charge in [0.05, 0.1) is 11.0 Å². The molecule has 0 amide bonds. The monoisotopic (exact) mass is 259 g/mol. The van der Waals surface area contributed by atoms with Crippen LogP contribution >= 0.6 is 0 Å². The van der Waals surface area contributed by atoms with Crippen LogP contribution in [0.4, 0.5) is 0 Å². The van der Waals surface area contributed by atoms with Gasteiger partial charge in [0.2, 0.25) is 0 Å². The van der Waals surface area contributed by atoms with Gasteiger partial charge in [0, 0.05) is 10.9 Å². The minimum atomic E-state index is 0.616. The predicted molar refractivity (Wildman–Crippen MR) is 77.7 cm³/mol. The second kappa shape index (κ2) is 3.33. The van der Waals surface area contributed by atoms with E-state index in [1.165, 1.54) is 0 Å². The van der Waals surface area contributed by atoms with Gasteiger partial charge in [-0.05, 0) is 18.2 Å². The molecule has 94 valence electrons. The number of aromatic amines is 1. The van der Waals surface area contributed by atoms with Crippen LogP contribution in [-0.2, 0) is 0 Å². The molecule has 0 atom stereocenters. The summed E-state index contributed by atoms with van der Waals surface area (Å²) in [4.78, 5) is 12.4. The molecule has 0 saturated carbocycles. The van der Waals surface area contributed by atoms with Gasteiger partial charge in [0.25, 0.3) is 5.78 Å². The minimum Gasteiger partial charge on any atom is -0.338 e. The number of hydrogen-bond acceptors (Lipinski definition) is 3. The van der Waals surface area contributed by atoms with Crippen molar-refractivity contribution in [1.82, 2.24) is 24.6 Å². The highest BCUT2D eigenvalue weighted by Gasteiger charge is 2.11. The molecule has 0 aliphatic carbocycles. The van der Waals surface area contributed by atoms with Crippen LogP contribution in [0.1, 0.15) is 0 Å². The second-order valence-corrected chi connectivity index (χ2v) is 4.79. The number of hydrogen-bond donors (Lipinski definition) is 1. The number of nitrogens with zero attached hydrogens (tertiary/aromatic N) is 4. The molecule has 0 radical (unpaired) electrons. The third kappa shape index (κ3) is 1.14. The van der Waals surface area contributed by atoms with E-state index in [1.54, 1.807) is 4.52 Å². The predicted octanol–water partition coefficient (Wildman–Crippen LogP) is 2.91. The number of aromatic nitrogens is 5. The molecule has 5 rings (SSSR count). The Bertz CT molecular complexity index is 1020. The standard InChI is InChI=1S/C15H9N5/c1-2-6-10-9(5-1)13-14(16-10)18-15-17-11-7-3-4-8-12(11)20(15)19-13/h1-8H,(H,16,17,18). The highest BCUT2D eigenvalue weighted by Crippen LogP contribution is 2.23. The van der Waals surface area contributed by atoms with Gasteiger partial charge in [-0.25, -0.2) is 4.98 Å². The molecule has 5 aromatic rings. The third-order valence-electron chi connectivity index (χ3n) is 3.59. The quantitative estimate of drug-likeness (QED) is 0.465. The van der Waals surface area contributed by atoms with Crippen LogP contribution in [0, 0.1) is 0 Å². The minimum absolute atomic E-state index is 0.616. The molecule has 0 spiro atoms. The summed E-state index contributed by atoms with van der Waals surface area (Å²) in [6.07, 6.45) is 0. The van der Waals surface area contributed by atoms with Crippen LogP contribution < -0.4 is 0 Å². The molecule has 0 aliphatic heterocycles. The zero-order valence-corrected chi connectivity index (χ0v) is 10.4. The third-order valence-corrected chi connectivity index (χ3v) is 3.59. The largest absolute Gasteiger partial charge is 0.338 e. The molecule has 3 aromatic heterocycles. The highest BCUT2D eigenvalue weighted by atomic mass is 15.3. The van der Waals surface area contributed by atoms with Gasteiger partial charge >= 0.3 is 0 Å². The number of H-pyrrole nitrogens is 1. The lowest BCUT2D eigenvalue weighted by Gasteiger charge is -1.94. The lowest BCUT2D eigenvalue weighted by molar-refractivity contribution is 0.971. The van der Waals surface area contributed by atoms with Crippen LogP contribution in [-0.4, -0.2) is 24.6 Å². The number of imidazole rings is 1. The Balaban J connectivity index is 2.06. The van der Waals surface area contributed by atoms with E-state index >= 15 is 0 Å². The number of nitrogens with one attached hydrogen (secondary N) is 1. The number of rotatable bonds is 0. The lowest BCUT2D eigenvalue weighted by Crippen LogP contribution is -1.94. The molecule has 5 nitrogen and oxygen atoms in total. The van der Waals surface area contributed by atoms with Crippen molar-refractivity contribution in [2.75, 3.05) is 0 Å². The molecule has 1 N–H and O–H groups in total. The Labute approximate surface area is 112 Å². The molecule has 3 heterocycles. The Morgan fingerprint density at radius 2 is 1.75 bits per heavy atom. The Kier molecular flexibility index (Phi) is 1.65. The first-order chi connectivity index (χ1) is 9.90. The van der Waals surface area contributed by atoms with E-state index in [-0.39, 0.29) is 0 Å². The van der Waals surface area contributed by atoms with Crippen LogP contribution in [0.5, 0.6) is 0 Å². The van der Waals surface area contributed by atoms with E-state index in [0.29, 0.717) is 5.78 Å². The normalized spacial score (nSPS) is 12.0. The molecule has 20 heavy (non-hydrogen) atoms. The summed E-state index contributed by atoms with van der Waals surface area (Å²) in [5, 5.41) is 5.79. The Morgan fingerprint density at radius 1 is 0.900 bits per heavy atom. The van der Waals surface area contributed by atoms with Gasteiger partial charge in [-0.3, -0.25) is 0 Å². The second-order valence-electron chi connectivity index (χ2n) is 4.79. The average molecular weight is 259 g/mol. The molecular weight excluding hydrogens is 250 g/mol. The smallest absolute Gasteiger partial charge is 0.253 e. The molecule has 2 aromatic carbocycles. The van der Waals surface area contributed by atoms with Crippen molar-refractivity contribution in [2.45, 2.75) is 0 Å². The van der Waals surface area contributed by atoms with E-state index in [0.717, 1.165) is 33.1 Å².